The Morgan fingerprint density at radius 1 is 1.24 bits per heavy atom. The Balaban J connectivity index is 1.38. The fraction of sp³-hybridized carbons (Fsp3) is 0.318. The number of H-pyrrole nitrogens is 1. The quantitative estimate of drug-likeness (QED) is 0.608. The second-order valence-electron chi connectivity index (χ2n) is 7.94. The van der Waals surface area contributed by atoms with Crippen LogP contribution in [0.4, 0.5) is 13.2 Å². The molecule has 3 heterocycles. The number of aromatic amines is 1. The van der Waals surface area contributed by atoms with Crippen molar-refractivity contribution < 1.29 is 32.3 Å². The van der Waals surface area contributed by atoms with Gasteiger partial charge in [-0.3, -0.25) is 4.79 Å². The molecule has 2 atom stereocenters. The minimum atomic E-state index is -4.74. The van der Waals surface area contributed by atoms with Gasteiger partial charge in [-0.1, -0.05) is 29.4 Å². The molecule has 2 aliphatic rings. The Morgan fingerprint density at radius 2 is 2.06 bits per heavy atom. The molecule has 1 unspecified atom stereocenters. The molecular weight excluding hydrogens is 441 g/mol. The number of para-hydroxylation sites is 1. The van der Waals surface area contributed by atoms with Gasteiger partial charge >= 0.3 is 6.36 Å². The minimum absolute atomic E-state index is 0.0442. The third kappa shape index (κ3) is 4.23. The molecule has 1 aliphatic heterocycles. The summed E-state index contributed by atoms with van der Waals surface area (Å²) in [7, 11) is 0. The van der Waals surface area contributed by atoms with E-state index in [1.54, 1.807) is 6.20 Å². The van der Waals surface area contributed by atoms with Crippen LogP contribution in [0.5, 0.6) is 0 Å². The van der Waals surface area contributed by atoms with Crippen LogP contribution < -0.4 is 0 Å². The molecule has 2 aromatic heterocycles. The highest BCUT2D eigenvalue weighted by molar-refractivity contribution is 6.06. The SMILES string of the molecule is O=C(c1c[nH]c2ccccc12)N1C[C@H](O)CC1c1nc(C2=CC=C(OC(F)(F)F)CC2)no1. The number of carbonyl (C=O) groups excluding carboxylic acids is 1. The van der Waals surface area contributed by atoms with E-state index in [0.717, 1.165) is 10.9 Å². The molecule has 11 heteroatoms. The van der Waals surface area contributed by atoms with E-state index in [9.17, 15) is 23.1 Å². The number of nitrogens with zero attached hydrogens (tertiary/aromatic N) is 3. The third-order valence-electron chi connectivity index (χ3n) is 5.73. The predicted molar refractivity (Wildman–Crippen MR) is 109 cm³/mol. The van der Waals surface area contributed by atoms with E-state index in [0.29, 0.717) is 11.1 Å². The van der Waals surface area contributed by atoms with Crippen molar-refractivity contribution in [3.05, 3.63) is 65.7 Å². The number of β-amino-alcohol motifs (C(OH)–C–C–N with tert-alkyl or cyclic N) is 1. The first kappa shape index (κ1) is 21.3. The molecule has 1 aliphatic carbocycles. The number of aromatic nitrogens is 3. The summed E-state index contributed by atoms with van der Waals surface area (Å²) in [5.74, 6) is -0.0722. The Hall–Kier alpha value is -3.60. The normalized spacial score (nSPS) is 21.3. The number of carbonyl (C=O) groups is 1. The zero-order chi connectivity index (χ0) is 23.2. The van der Waals surface area contributed by atoms with Crippen LogP contribution in [0.1, 0.15) is 47.4 Å². The van der Waals surface area contributed by atoms with E-state index in [1.807, 2.05) is 24.3 Å². The molecule has 0 bridgehead atoms. The number of alkyl halides is 3. The summed E-state index contributed by atoms with van der Waals surface area (Å²) < 4.78 is 46.5. The maximum absolute atomic E-state index is 13.3. The van der Waals surface area contributed by atoms with E-state index in [2.05, 4.69) is 19.9 Å². The van der Waals surface area contributed by atoms with E-state index in [-0.39, 0.29) is 49.2 Å². The Morgan fingerprint density at radius 3 is 2.82 bits per heavy atom. The van der Waals surface area contributed by atoms with E-state index >= 15 is 0 Å². The van der Waals surface area contributed by atoms with Gasteiger partial charge in [0.15, 0.2) is 5.82 Å². The molecule has 0 radical (unpaired) electrons. The molecular formula is C22H19F3N4O4. The van der Waals surface area contributed by atoms with Crippen molar-refractivity contribution in [2.75, 3.05) is 6.54 Å². The maximum atomic E-state index is 13.3. The van der Waals surface area contributed by atoms with Crippen molar-refractivity contribution in [3.63, 3.8) is 0 Å². The molecule has 1 fully saturated rings. The van der Waals surface area contributed by atoms with Gasteiger partial charge in [0.1, 0.15) is 11.8 Å². The van der Waals surface area contributed by atoms with Gasteiger partial charge in [0.05, 0.1) is 11.7 Å². The number of rotatable bonds is 4. The van der Waals surface area contributed by atoms with E-state index in [1.165, 1.54) is 17.1 Å². The maximum Gasteiger partial charge on any atom is 0.572 e. The lowest BCUT2D eigenvalue weighted by Gasteiger charge is -2.21. The number of benzene rings is 1. The van der Waals surface area contributed by atoms with E-state index in [4.69, 9.17) is 4.52 Å². The summed E-state index contributed by atoms with van der Waals surface area (Å²) >= 11 is 0. The first-order valence-corrected chi connectivity index (χ1v) is 10.3. The largest absolute Gasteiger partial charge is 0.572 e. The number of aliphatic hydroxyl groups excluding tert-OH is 1. The highest BCUT2D eigenvalue weighted by Crippen LogP contribution is 2.35. The predicted octanol–water partition coefficient (Wildman–Crippen LogP) is 4.10. The Kier molecular flexibility index (Phi) is 5.20. The van der Waals surface area contributed by atoms with Crippen molar-refractivity contribution in [2.24, 2.45) is 0 Å². The number of aliphatic hydroxyl groups is 1. The lowest BCUT2D eigenvalue weighted by Crippen LogP contribution is -2.31. The molecule has 0 spiro atoms. The number of fused-ring (bicyclic) bond motifs is 1. The van der Waals surface area contributed by atoms with Gasteiger partial charge in [-0.2, -0.15) is 4.98 Å². The number of ether oxygens (including phenoxy) is 1. The molecule has 8 nitrogen and oxygen atoms in total. The van der Waals surface area contributed by atoms with Crippen molar-refractivity contribution in [1.82, 2.24) is 20.0 Å². The molecule has 2 N–H and O–H groups in total. The molecule has 5 rings (SSSR count). The molecule has 1 aromatic carbocycles. The number of hydrogen-bond donors (Lipinski definition) is 2. The van der Waals surface area contributed by atoms with Gasteiger partial charge < -0.3 is 24.3 Å². The molecule has 3 aromatic rings. The number of likely N-dealkylation sites (tertiary alicyclic amines) is 1. The third-order valence-corrected chi connectivity index (χ3v) is 5.73. The van der Waals surface area contributed by atoms with Gasteiger partial charge in [-0.15, -0.1) is 13.2 Å². The molecule has 33 heavy (non-hydrogen) atoms. The number of allylic oxidation sites excluding steroid dienone is 4. The first-order valence-electron chi connectivity index (χ1n) is 10.3. The lowest BCUT2D eigenvalue weighted by atomic mass is 10.0. The number of nitrogens with one attached hydrogen (secondary N) is 1. The fourth-order valence-electron chi connectivity index (χ4n) is 4.21. The van der Waals surface area contributed by atoms with Gasteiger partial charge in [-0.25, -0.2) is 0 Å². The number of hydrogen-bond acceptors (Lipinski definition) is 6. The summed E-state index contributed by atoms with van der Waals surface area (Å²) in [5.41, 5.74) is 1.89. The average molecular weight is 460 g/mol. The van der Waals surface area contributed by atoms with Gasteiger partial charge in [0, 0.05) is 42.1 Å². The zero-order valence-electron chi connectivity index (χ0n) is 17.2. The smallest absolute Gasteiger partial charge is 0.410 e. The van der Waals surface area contributed by atoms with Crippen molar-refractivity contribution in [1.29, 1.82) is 0 Å². The standard InChI is InChI=1S/C22H19F3N4O4/c23-22(24,25)32-14-7-5-12(6-8-14)19-27-20(33-28-19)18-9-13(30)11-29(18)21(31)16-10-26-17-4-2-1-3-15(16)17/h1-5,7,10,13,18,26,30H,6,8-9,11H2/t13-,18?/m1/s1. The summed E-state index contributed by atoms with van der Waals surface area (Å²) in [6.07, 6.45) is -0.647. The van der Waals surface area contributed by atoms with Gasteiger partial charge in [0.2, 0.25) is 5.89 Å². The van der Waals surface area contributed by atoms with Crippen LogP contribution in [-0.2, 0) is 4.74 Å². The number of amides is 1. The van der Waals surface area contributed by atoms with Crippen molar-refractivity contribution in [3.8, 4) is 0 Å². The summed E-state index contributed by atoms with van der Waals surface area (Å²) in [4.78, 5) is 22.2. The van der Waals surface area contributed by atoms with Crippen LogP contribution in [0.25, 0.3) is 16.5 Å². The van der Waals surface area contributed by atoms with Crippen LogP contribution in [0.3, 0.4) is 0 Å². The van der Waals surface area contributed by atoms with Gasteiger partial charge in [0.25, 0.3) is 5.91 Å². The summed E-state index contributed by atoms with van der Waals surface area (Å²) in [6.45, 7) is 0.115. The van der Waals surface area contributed by atoms with Crippen molar-refractivity contribution in [2.45, 2.75) is 37.8 Å². The van der Waals surface area contributed by atoms with Crippen LogP contribution in [0.2, 0.25) is 0 Å². The second kappa shape index (κ2) is 8.07. The Bertz CT molecular complexity index is 1260. The average Bonchev–Trinajstić information content (AvgIpc) is 3.50. The van der Waals surface area contributed by atoms with Crippen LogP contribution in [-0.4, -0.2) is 50.0 Å². The highest BCUT2D eigenvalue weighted by Gasteiger charge is 2.40. The van der Waals surface area contributed by atoms with Crippen LogP contribution >= 0.6 is 0 Å². The molecule has 1 saturated heterocycles. The molecule has 0 saturated carbocycles. The molecule has 172 valence electrons. The summed E-state index contributed by atoms with van der Waals surface area (Å²) in [5, 5.41) is 15.0. The second-order valence-corrected chi connectivity index (χ2v) is 7.94. The number of halogens is 3. The first-order chi connectivity index (χ1) is 15.8. The van der Waals surface area contributed by atoms with E-state index < -0.39 is 18.5 Å². The van der Waals surface area contributed by atoms with Crippen LogP contribution in [0.15, 0.2) is 52.9 Å². The minimum Gasteiger partial charge on any atom is -0.410 e. The fourth-order valence-corrected chi connectivity index (χ4v) is 4.21. The summed E-state index contributed by atoms with van der Waals surface area (Å²) in [6, 6.07) is 6.79. The zero-order valence-corrected chi connectivity index (χ0v) is 17.2. The van der Waals surface area contributed by atoms with Crippen LogP contribution in [0, 0.1) is 0 Å². The van der Waals surface area contributed by atoms with Gasteiger partial charge in [-0.05, 0) is 18.6 Å². The molecule has 1 amide bonds. The topological polar surface area (TPSA) is 104 Å². The monoisotopic (exact) mass is 460 g/mol. The Labute approximate surface area is 185 Å². The van der Waals surface area contributed by atoms with Crippen molar-refractivity contribution >= 4 is 22.4 Å². The lowest BCUT2D eigenvalue weighted by molar-refractivity contribution is -0.306. The highest BCUT2D eigenvalue weighted by atomic mass is 19.4.